The van der Waals surface area contributed by atoms with Crippen LogP contribution in [0.1, 0.15) is 10.4 Å². The van der Waals surface area contributed by atoms with Crippen molar-refractivity contribution in [3.05, 3.63) is 41.4 Å². The van der Waals surface area contributed by atoms with E-state index >= 15 is 0 Å². The number of carboxylic acids is 1. The van der Waals surface area contributed by atoms with Crippen molar-refractivity contribution in [1.82, 2.24) is 5.43 Å². The molecule has 3 N–H and O–H groups in total. The highest BCUT2D eigenvalue weighted by Gasteiger charge is 2.05. The van der Waals surface area contributed by atoms with Crippen molar-refractivity contribution in [3.63, 3.8) is 0 Å². The molecule has 0 unspecified atom stereocenters. The average Bonchev–Trinajstić information content (AvgIpc) is 2.29. The number of aromatic carboxylic acids is 1. The number of hydrogen-bond donors (Lipinski definition) is 3. The molecule has 6 heteroatoms. The van der Waals surface area contributed by atoms with E-state index in [-0.39, 0.29) is 11.5 Å². The van der Waals surface area contributed by atoms with Crippen molar-refractivity contribution >= 4 is 17.6 Å². The van der Waals surface area contributed by atoms with Crippen LogP contribution in [0.2, 0.25) is 0 Å². The third kappa shape index (κ3) is 2.99. The average molecular weight is 218 g/mol. The van der Waals surface area contributed by atoms with Crippen LogP contribution in [0.3, 0.4) is 0 Å². The Morgan fingerprint density at radius 2 is 2.31 bits per heavy atom. The number of anilines is 1. The molecule has 82 valence electrons. The molecule has 16 heavy (non-hydrogen) atoms. The number of carboxylic acid groups (broad SMARTS) is 1. The van der Waals surface area contributed by atoms with Gasteiger partial charge in [0.05, 0.1) is 5.56 Å². The molecule has 0 fully saturated rings. The van der Waals surface area contributed by atoms with E-state index in [1.807, 2.05) is 0 Å². The first-order valence-electron chi connectivity index (χ1n) is 4.37. The highest BCUT2D eigenvalue weighted by molar-refractivity contribution is 5.95. The zero-order valence-electron chi connectivity index (χ0n) is 8.56. The lowest BCUT2D eigenvalue weighted by Gasteiger charge is -2.05. The van der Waals surface area contributed by atoms with Gasteiger partial charge in [0.1, 0.15) is 0 Å². The Labute approximate surface area is 92.4 Å². The van der Waals surface area contributed by atoms with Gasteiger partial charge in [0.25, 0.3) is 5.96 Å². The maximum Gasteiger partial charge on any atom is 0.335 e. The summed E-state index contributed by atoms with van der Waals surface area (Å²) in [6.45, 7) is 6.61. The molecule has 1 aromatic carbocycles. The summed E-state index contributed by atoms with van der Waals surface area (Å²) in [5, 5.41) is 11.6. The minimum atomic E-state index is -1.00. The second-order valence-corrected chi connectivity index (χ2v) is 2.81. The number of benzene rings is 1. The monoisotopic (exact) mass is 218 g/mol. The van der Waals surface area contributed by atoms with Gasteiger partial charge in [-0.1, -0.05) is 11.5 Å². The van der Waals surface area contributed by atoms with Gasteiger partial charge in [0.15, 0.2) is 0 Å². The number of guanidine groups is 1. The number of nitrogens with one attached hydrogen (secondary N) is 2. The molecule has 0 aliphatic heterocycles. The Morgan fingerprint density at radius 3 is 2.88 bits per heavy atom. The van der Waals surface area contributed by atoms with Crippen molar-refractivity contribution < 1.29 is 9.90 Å². The van der Waals surface area contributed by atoms with Gasteiger partial charge in [0, 0.05) is 12.7 Å². The Kier molecular flexibility index (Phi) is 3.86. The first kappa shape index (κ1) is 11.5. The van der Waals surface area contributed by atoms with E-state index in [0.29, 0.717) is 5.69 Å². The van der Waals surface area contributed by atoms with Crippen LogP contribution in [-0.4, -0.2) is 24.1 Å². The topological polar surface area (TPSA) is 78.1 Å². The fraction of sp³-hybridized carbons (Fsp3) is 0.100. The summed E-state index contributed by atoms with van der Waals surface area (Å²) in [6, 6.07) is 6.23. The van der Waals surface area contributed by atoms with Gasteiger partial charge >= 0.3 is 5.97 Å². The van der Waals surface area contributed by atoms with Gasteiger partial charge < -0.3 is 10.4 Å². The van der Waals surface area contributed by atoms with Gasteiger partial charge in [-0.25, -0.2) is 4.79 Å². The Morgan fingerprint density at radius 1 is 1.56 bits per heavy atom. The molecule has 0 aliphatic rings. The number of aliphatic imine (C=N–C) groups is 1. The van der Waals surface area contributed by atoms with Gasteiger partial charge in [-0.05, 0) is 18.2 Å². The third-order valence-electron chi connectivity index (χ3n) is 1.76. The lowest BCUT2D eigenvalue weighted by Crippen LogP contribution is -2.24. The normalized spacial score (nSPS) is 10.4. The van der Waals surface area contributed by atoms with Crippen LogP contribution in [0.25, 0.3) is 4.95 Å². The van der Waals surface area contributed by atoms with Gasteiger partial charge in [-0.15, -0.1) is 0 Å². The van der Waals surface area contributed by atoms with Gasteiger partial charge in [-0.3, -0.25) is 4.99 Å². The standard InChI is InChI=1S/C10H10N4O2/c1-11-10(14-12-2)13-8-5-3-4-7(6-8)9(15)16/h3-6H,1H3,(H,15,16)(H2,11,13,14). The van der Waals surface area contributed by atoms with Crippen LogP contribution >= 0.6 is 0 Å². The zero-order valence-corrected chi connectivity index (χ0v) is 8.56. The molecule has 0 aromatic heterocycles. The van der Waals surface area contributed by atoms with Crippen LogP contribution in [0.5, 0.6) is 0 Å². The second kappa shape index (κ2) is 5.36. The first-order valence-corrected chi connectivity index (χ1v) is 4.37. The molecular weight excluding hydrogens is 208 g/mol. The Balaban J connectivity index is 2.86. The van der Waals surface area contributed by atoms with E-state index in [2.05, 4.69) is 20.7 Å². The lowest BCUT2D eigenvalue weighted by molar-refractivity contribution is 0.0697. The number of rotatable bonds is 2. The number of hydrogen-bond acceptors (Lipinski definition) is 2. The van der Waals surface area contributed by atoms with E-state index in [4.69, 9.17) is 11.7 Å². The van der Waals surface area contributed by atoms with E-state index in [9.17, 15) is 4.79 Å². The highest BCUT2D eigenvalue weighted by atomic mass is 16.4. The van der Waals surface area contributed by atoms with Crippen molar-refractivity contribution in [2.45, 2.75) is 0 Å². The van der Waals surface area contributed by atoms with Crippen LogP contribution in [-0.2, 0) is 0 Å². The maximum absolute atomic E-state index is 10.7. The summed E-state index contributed by atoms with van der Waals surface area (Å²) in [7, 11) is 1.52. The fourth-order valence-electron chi connectivity index (χ4n) is 1.05. The number of nitrogens with zero attached hydrogens (tertiary/aromatic N) is 2. The van der Waals surface area contributed by atoms with E-state index in [1.165, 1.54) is 19.2 Å². The molecule has 0 amide bonds. The summed E-state index contributed by atoms with van der Waals surface area (Å²) < 4.78 is 0. The lowest BCUT2D eigenvalue weighted by atomic mass is 10.2. The molecule has 0 radical (unpaired) electrons. The van der Waals surface area contributed by atoms with Crippen molar-refractivity contribution in [2.24, 2.45) is 4.99 Å². The molecule has 0 heterocycles. The van der Waals surface area contributed by atoms with E-state index < -0.39 is 5.97 Å². The zero-order chi connectivity index (χ0) is 12.0. The molecule has 0 bridgehead atoms. The van der Waals surface area contributed by atoms with Crippen molar-refractivity contribution in [1.29, 1.82) is 0 Å². The molecule has 0 aliphatic carbocycles. The van der Waals surface area contributed by atoms with Crippen LogP contribution in [0.4, 0.5) is 5.69 Å². The SMILES string of the molecule is [C-]#[N+]NC(=NC)Nc1cccc(C(=O)O)c1. The van der Waals surface area contributed by atoms with Gasteiger partial charge in [-0.2, -0.15) is 11.5 Å². The predicted octanol–water partition coefficient (Wildman–Crippen LogP) is 1.21. The molecule has 1 rings (SSSR count). The minimum absolute atomic E-state index is 0.170. The van der Waals surface area contributed by atoms with E-state index in [1.54, 1.807) is 12.1 Å². The summed E-state index contributed by atoms with van der Waals surface area (Å²) in [5.74, 6) is -0.741. The van der Waals surface area contributed by atoms with Crippen LogP contribution < -0.4 is 10.7 Å². The highest BCUT2D eigenvalue weighted by Crippen LogP contribution is 2.10. The largest absolute Gasteiger partial charge is 0.478 e. The molecule has 0 atom stereocenters. The predicted molar refractivity (Wildman–Crippen MR) is 60.1 cm³/mol. The molecule has 0 saturated heterocycles. The third-order valence-corrected chi connectivity index (χ3v) is 1.76. The minimum Gasteiger partial charge on any atom is -0.478 e. The second-order valence-electron chi connectivity index (χ2n) is 2.81. The quantitative estimate of drug-likeness (QED) is 0.302. The van der Waals surface area contributed by atoms with Crippen LogP contribution in [0, 0.1) is 6.57 Å². The van der Waals surface area contributed by atoms with Crippen molar-refractivity contribution in [3.8, 4) is 0 Å². The number of carbonyl (C=O) groups is 1. The van der Waals surface area contributed by atoms with Crippen molar-refractivity contribution in [2.75, 3.05) is 12.4 Å². The smallest absolute Gasteiger partial charge is 0.335 e. The van der Waals surface area contributed by atoms with E-state index in [0.717, 1.165) is 0 Å². The van der Waals surface area contributed by atoms with Crippen LogP contribution in [0.15, 0.2) is 29.3 Å². The summed E-state index contributed by atoms with van der Waals surface area (Å²) in [4.78, 5) is 17.4. The Bertz CT molecular complexity index is 462. The summed E-state index contributed by atoms with van der Waals surface area (Å²) >= 11 is 0. The maximum atomic E-state index is 10.7. The first-order chi connectivity index (χ1) is 7.67. The Hall–Kier alpha value is -2.55. The van der Waals surface area contributed by atoms with Gasteiger partial charge in [0.2, 0.25) is 0 Å². The molecule has 0 saturated carbocycles. The molecular formula is C10H10N4O2. The molecule has 6 nitrogen and oxygen atoms in total. The fourth-order valence-corrected chi connectivity index (χ4v) is 1.05. The summed E-state index contributed by atoms with van der Waals surface area (Å²) in [6.07, 6.45) is 0. The molecule has 0 spiro atoms. The summed E-state index contributed by atoms with van der Waals surface area (Å²) in [5.41, 5.74) is 3.03. The molecule has 1 aromatic rings.